The summed E-state index contributed by atoms with van der Waals surface area (Å²) in [5.74, 6) is 2.21. The fourth-order valence-corrected chi connectivity index (χ4v) is 2.48. The second kappa shape index (κ2) is 6.48. The molecular formula is C19H19N3. The van der Waals surface area contributed by atoms with Crippen LogP contribution in [0.2, 0.25) is 0 Å². The molecule has 110 valence electrons. The van der Waals surface area contributed by atoms with Gasteiger partial charge in [-0.1, -0.05) is 61.9 Å². The molecule has 3 nitrogen and oxygen atoms in total. The number of aromatic nitrogens is 3. The molecule has 0 N–H and O–H groups in total. The average molecular weight is 289 g/mol. The van der Waals surface area contributed by atoms with E-state index in [-0.39, 0.29) is 0 Å². The lowest BCUT2D eigenvalue weighted by molar-refractivity contribution is 0.921. The molecule has 0 bridgehead atoms. The molecule has 0 aliphatic rings. The first-order chi connectivity index (χ1) is 10.8. The molecule has 0 spiro atoms. The number of benzene rings is 2. The van der Waals surface area contributed by atoms with Gasteiger partial charge in [0.2, 0.25) is 0 Å². The van der Waals surface area contributed by atoms with Crippen LogP contribution in [-0.2, 0) is 6.42 Å². The summed E-state index contributed by atoms with van der Waals surface area (Å²) in [4.78, 5) is 13.6. The molecule has 1 aromatic heterocycles. The predicted octanol–water partition coefficient (Wildman–Crippen LogP) is 4.47. The third kappa shape index (κ3) is 3.19. The van der Waals surface area contributed by atoms with E-state index in [0.29, 0.717) is 0 Å². The van der Waals surface area contributed by atoms with Crippen molar-refractivity contribution in [1.82, 2.24) is 15.0 Å². The van der Waals surface area contributed by atoms with Crippen LogP contribution >= 0.6 is 0 Å². The molecule has 0 radical (unpaired) electrons. The van der Waals surface area contributed by atoms with E-state index in [4.69, 9.17) is 0 Å². The second-order valence-corrected chi connectivity index (χ2v) is 5.35. The van der Waals surface area contributed by atoms with Crippen molar-refractivity contribution in [3.8, 4) is 22.8 Å². The van der Waals surface area contributed by atoms with Gasteiger partial charge in [-0.05, 0) is 25.0 Å². The van der Waals surface area contributed by atoms with Crippen molar-refractivity contribution < 1.29 is 0 Å². The molecule has 0 amide bonds. The number of rotatable bonds is 4. The molecule has 3 aromatic rings. The Labute approximate surface area is 131 Å². The Morgan fingerprint density at radius 2 is 1.45 bits per heavy atom. The summed E-state index contributed by atoms with van der Waals surface area (Å²) in [6, 6.07) is 18.5. The van der Waals surface area contributed by atoms with Crippen LogP contribution in [-0.4, -0.2) is 15.0 Å². The van der Waals surface area contributed by atoms with Crippen molar-refractivity contribution in [2.75, 3.05) is 0 Å². The highest BCUT2D eigenvalue weighted by atomic mass is 15.0. The molecule has 22 heavy (non-hydrogen) atoms. The Morgan fingerprint density at radius 3 is 2.18 bits per heavy atom. The molecule has 3 rings (SSSR count). The van der Waals surface area contributed by atoms with Crippen molar-refractivity contribution >= 4 is 0 Å². The first-order valence-electron chi connectivity index (χ1n) is 7.63. The van der Waals surface area contributed by atoms with Crippen LogP contribution in [0.15, 0.2) is 54.6 Å². The highest BCUT2D eigenvalue weighted by Gasteiger charge is 2.08. The molecule has 0 unspecified atom stereocenters. The standard InChI is InChI=1S/C19H19N3/c1-3-8-15-9-7-12-17(13-15)19-21-14(2)20-18(22-19)16-10-5-4-6-11-16/h4-7,9-13H,3,8H2,1-2H3. The zero-order valence-electron chi connectivity index (χ0n) is 13.0. The summed E-state index contributed by atoms with van der Waals surface area (Å²) in [7, 11) is 0. The minimum Gasteiger partial charge on any atom is -0.213 e. The average Bonchev–Trinajstić information content (AvgIpc) is 2.56. The molecule has 1 heterocycles. The molecule has 2 aromatic carbocycles. The van der Waals surface area contributed by atoms with Crippen LogP contribution in [0.1, 0.15) is 24.7 Å². The van der Waals surface area contributed by atoms with Gasteiger partial charge in [-0.2, -0.15) is 0 Å². The van der Waals surface area contributed by atoms with E-state index in [9.17, 15) is 0 Å². The quantitative estimate of drug-likeness (QED) is 0.711. The zero-order chi connectivity index (χ0) is 15.4. The van der Waals surface area contributed by atoms with Crippen molar-refractivity contribution in [3.63, 3.8) is 0 Å². The number of hydrogen-bond acceptors (Lipinski definition) is 3. The van der Waals surface area contributed by atoms with E-state index in [1.54, 1.807) is 0 Å². The van der Waals surface area contributed by atoms with Crippen LogP contribution < -0.4 is 0 Å². The maximum absolute atomic E-state index is 4.65. The lowest BCUT2D eigenvalue weighted by Gasteiger charge is -2.07. The molecule has 0 aliphatic carbocycles. The van der Waals surface area contributed by atoms with Gasteiger partial charge in [-0.15, -0.1) is 0 Å². The van der Waals surface area contributed by atoms with E-state index in [1.807, 2.05) is 37.3 Å². The van der Waals surface area contributed by atoms with Crippen LogP contribution in [0.4, 0.5) is 0 Å². The van der Waals surface area contributed by atoms with Gasteiger partial charge in [0.1, 0.15) is 5.82 Å². The summed E-state index contributed by atoms with van der Waals surface area (Å²) in [5.41, 5.74) is 3.38. The van der Waals surface area contributed by atoms with Crippen molar-refractivity contribution in [2.45, 2.75) is 26.7 Å². The van der Waals surface area contributed by atoms with E-state index in [0.717, 1.165) is 41.4 Å². The maximum atomic E-state index is 4.65. The van der Waals surface area contributed by atoms with Gasteiger partial charge >= 0.3 is 0 Å². The minimum absolute atomic E-state index is 0.726. The Morgan fingerprint density at radius 1 is 0.773 bits per heavy atom. The zero-order valence-corrected chi connectivity index (χ0v) is 13.0. The molecular weight excluding hydrogens is 270 g/mol. The van der Waals surface area contributed by atoms with Crippen molar-refractivity contribution in [1.29, 1.82) is 0 Å². The highest BCUT2D eigenvalue weighted by molar-refractivity contribution is 5.61. The number of hydrogen-bond donors (Lipinski definition) is 0. The highest BCUT2D eigenvalue weighted by Crippen LogP contribution is 2.21. The van der Waals surface area contributed by atoms with E-state index < -0.39 is 0 Å². The van der Waals surface area contributed by atoms with Gasteiger partial charge in [0.15, 0.2) is 11.6 Å². The van der Waals surface area contributed by atoms with Crippen LogP contribution in [0.25, 0.3) is 22.8 Å². The normalized spacial score (nSPS) is 10.6. The second-order valence-electron chi connectivity index (χ2n) is 5.35. The third-order valence-electron chi connectivity index (χ3n) is 3.50. The molecule has 0 atom stereocenters. The summed E-state index contributed by atoms with van der Waals surface area (Å²) in [6.07, 6.45) is 2.21. The molecule has 0 aliphatic heterocycles. The van der Waals surface area contributed by atoms with Crippen LogP contribution in [0.5, 0.6) is 0 Å². The largest absolute Gasteiger partial charge is 0.213 e. The van der Waals surface area contributed by atoms with Crippen LogP contribution in [0, 0.1) is 6.92 Å². The van der Waals surface area contributed by atoms with E-state index in [2.05, 4.69) is 46.1 Å². The summed E-state index contributed by atoms with van der Waals surface area (Å²) in [6.45, 7) is 4.10. The fourth-order valence-electron chi connectivity index (χ4n) is 2.48. The van der Waals surface area contributed by atoms with Gasteiger partial charge < -0.3 is 0 Å². The van der Waals surface area contributed by atoms with Crippen LogP contribution in [0.3, 0.4) is 0 Å². The smallest absolute Gasteiger partial charge is 0.163 e. The lowest BCUT2D eigenvalue weighted by Crippen LogP contribution is -1.99. The predicted molar refractivity (Wildman–Crippen MR) is 89.4 cm³/mol. The maximum Gasteiger partial charge on any atom is 0.163 e. The fraction of sp³-hybridized carbons (Fsp3) is 0.211. The van der Waals surface area contributed by atoms with E-state index in [1.165, 1.54) is 5.56 Å². The Bertz CT molecular complexity index is 767. The monoisotopic (exact) mass is 289 g/mol. The SMILES string of the molecule is CCCc1cccc(-c2nc(C)nc(-c3ccccc3)n2)c1. The van der Waals surface area contributed by atoms with Crippen molar-refractivity contribution in [2.24, 2.45) is 0 Å². The summed E-state index contributed by atoms with van der Waals surface area (Å²) < 4.78 is 0. The van der Waals surface area contributed by atoms with Crippen molar-refractivity contribution in [3.05, 3.63) is 66.0 Å². The van der Waals surface area contributed by atoms with Gasteiger partial charge in [0, 0.05) is 11.1 Å². The van der Waals surface area contributed by atoms with E-state index >= 15 is 0 Å². The third-order valence-corrected chi connectivity index (χ3v) is 3.50. The molecule has 3 heteroatoms. The Kier molecular flexibility index (Phi) is 4.24. The molecule has 0 fully saturated rings. The van der Waals surface area contributed by atoms with Gasteiger partial charge in [0.05, 0.1) is 0 Å². The Hall–Kier alpha value is -2.55. The Balaban J connectivity index is 2.04. The summed E-state index contributed by atoms with van der Waals surface area (Å²) in [5, 5.41) is 0. The first kappa shape index (κ1) is 14.4. The summed E-state index contributed by atoms with van der Waals surface area (Å²) >= 11 is 0. The molecule has 0 saturated heterocycles. The van der Waals surface area contributed by atoms with Gasteiger partial charge in [-0.3, -0.25) is 0 Å². The van der Waals surface area contributed by atoms with Gasteiger partial charge in [0.25, 0.3) is 0 Å². The number of aryl methyl sites for hydroxylation is 2. The van der Waals surface area contributed by atoms with Gasteiger partial charge in [-0.25, -0.2) is 15.0 Å². The topological polar surface area (TPSA) is 38.7 Å². The minimum atomic E-state index is 0.726. The number of nitrogens with zero attached hydrogens (tertiary/aromatic N) is 3. The molecule has 0 saturated carbocycles. The lowest BCUT2D eigenvalue weighted by atomic mass is 10.1. The first-order valence-corrected chi connectivity index (χ1v) is 7.63.